The Morgan fingerprint density at radius 2 is 1.96 bits per heavy atom. The minimum Gasteiger partial charge on any atom is -0.394 e. The number of benzene rings is 2. The number of hydrogen-bond acceptors (Lipinski definition) is 5. The van der Waals surface area contributed by atoms with Crippen molar-refractivity contribution in [1.82, 2.24) is 19.7 Å². The molecule has 0 aliphatic heterocycles. The number of hydrogen-bond donors (Lipinski definition) is 2. The van der Waals surface area contributed by atoms with E-state index in [2.05, 4.69) is 39.3 Å². The smallest absolute Gasteiger partial charge is 0.262 e. The van der Waals surface area contributed by atoms with Gasteiger partial charge in [0.2, 0.25) is 0 Å². The van der Waals surface area contributed by atoms with Crippen LogP contribution in [0.4, 0.5) is 0 Å². The van der Waals surface area contributed by atoms with Gasteiger partial charge in [0.1, 0.15) is 5.39 Å². The summed E-state index contributed by atoms with van der Waals surface area (Å²) < 4.78 is 1.55. The van der Waals surface area contributed by atoms with Gasteiger partial charge in [-0.1, -0.05) is 54.2 Å². The lowest BCUT2D eigenvalue weighted by Crippen LogP contribution is -2.11. The highest BCUT2D eigenvalue weighted by molar-refractivity contribution is 7.98. The fraction of sp³-hybridized carbons (Fsp3) is 0.167. The molecule has 0 spiro atoms. The van der Waals surface area contributed by atoms with Gasteiger partial charge < -0.3 is 10.1 Å². The van der Waals surface area contributed by atoms with Crippen molar-refractivity contribution in [3.05, 3.63) is 64.6 Å². The SMILES string of the molecule is O=c1[nH]c(SCc2cccc3ccccc23)nc2c1cnn2CCO. The summed E-state index contributed by atoms with van der Waals surface area (Å²) in [7, 11) is 0. The minimum atomic E-state index is -0.213. The van der Waals surface area contributed by atoms with E-state index >= 15 is 0 Å². The van der Waals surface area contributed by atoms with E-state index in [9.17, 15) is 4.79 Å². The Morgan fingerprint density at radius 3 is 2.84 bits per heavy atom. The van der Waals surface area contributed by atoms with Crippen LogP contribution < -0.4 is 5.56 Å². The fourth-order valence-electron chi connectivity index (χ4n) is 2.84. The van der Waals surface area contributed by atoms with Crippen LogP contribution in [0.3, 0.4) is 0 Å². The van der Waals surface area contributed by atoms with Crippen LogP contribution >= 0.6 is 11.8 Å². The zero-order valence-electron chi connectivity index (χ0n) is 13.3. The quantitative estimate of drug-likeness (QED) is 0.426. The summed E-state index contributed by atoms with van der Waals surface area (Å²) in [6.45, 7) is 0.261. The number of nitrogens with one attached hydrogen (secondary N) is 1. The number of aliphatic hydroxyl groups excluding tert-OH is 1. The largest absolute Gasteiger partial charge is 0.394 e. The van der Waals surface area contributed by atoms with Crippen LogP contribution in [0.1, 0.15) is 5.56 Å². The zero-order chi connectivity index (χ0) is 17.2. The molecule has 2 heterocycles. The van der Waals surface area contributed by atoms with E-state index in [1.807, 2.05) is 18.2 Å². The first-order chi connectivity index (χ1) is 12.3. The Hall–Kier alpha value is -2.64. The van der Waals surface area contributed by atoms with E-state index < -0.39 is 0 Å². The first-order valence-electron chi connectivity index (χ1n) is 7.92. The van der Waals surface area contributed by atoms with Crippen LogP contribution in [0.15, 0.2) is 58.6 Å². The predicted octanol–water partition coefficient (Wildman–Crippen LogP) is 2.56. The fourth-order valence-corrected chi connectivity index (χ4v) is 3.70. The molecule has 0 unspecified atom stereocenters. The number of aromatic amines is 1. The molecule has 7 heteroatoms. The summed E-state index contributed by atoms with van der Waals surface area (Å²) in [6, 6.07) is 14.4. The third-order valence-electron chi connectivity index (χ3n) is 4.04. The molecule has 0 bridgehead atoms. The number of aromatic nitrogens is 4. The lowest BCUT2D eigenvalue weighted by Gasteiger charge is -2.06. The molecule has 2 N–H and O–H groups in total. The van der Waals surface area contributed by atoms with Crippen LogP contribution in [0, 0.1) is 0 Å². The second-order valence-corrected chi connectivity index (χ2v) is 6.59. The van der Waals surface area contributed by atoms with Crippen molar-refractivity contribution < 1.29 is 5.11 Å². The molecule has 4 aromatic rings. The molecule has 2 aromatic carbocycles. The van der Waals surface area contributed by atoms with Crippen LogP contribution in [-0.2, 0) is 12.3 Å². The highest BCUT2D eigenvalue weighted by atomic mass is 32.2. The van der Waals surface area contributed by atoms with Crippen LogP contribution in [0.2, 0.25) is 0 Å². The Morgan fingerprint density at radius 1 is 1.12 bits per heavy atom. The van der Waals surface area contributed by atoms with Crippen LogP contribution in [0.5, 0.6) is 0 Å². The van der Waals surface area contributed by atoms with Crippen molar-refractivity contribution in [2.24, 2.45) is 0 Å². The molecule has 0 aliphatic carbocycles. The topological polar surface area (TPSA) is 83.8 Å². The number of fused-ring (bicyclic) bond motifs is 2. The van der Waals surface area contributed by atoms with E-state index in [-0.39, 0.29) is 12.2 Å². The van der Waals surface area contributed by atoms with Gasteiger partial charge in [-0.15, -0.1) is 0 Å². The first-order valence-corrected chi connectivity index (χ1v) is 8.91. The van der Waals surface area contributed by atoms with Crippen molar-refractivity contribution in [1.29, 1.82) is 0 Å². The van der Waals surface area contributed by atoms with Crippen LogP contribution in [-0.4, -0.2) is 31.5 Å². The Balaban J connectivity index is 1.66. The number of H-pyrrole nitrogens is 1. The minimum absolute atomic E-state index is 0.0518. The lowest BCUT2D eigenvalue weighted by molar-refractivity contribution is 0.271. The van der Waals surface area contributed by atoms with Gasteiger partial charge in [-0.25, -0.2) is 9.67 Å². The van der Waals surface area contributed by atoms with Crippen LogP contribution in [0.25, 0.3) is 21.8 Å². The number of nitrogens with zero attached hydrogens (tertiary/aromatic N) is 3. The molecule has 0 saturated heterocycles. The molecule has 0 atom stereocenters. The van der Waals surface area contributed by atoms with E-state index in [1.165, 1.54) is 34.3 Å². The number of aliphatic hydroxyl groups is 1. The van der Waals surface area contributed by atoms with Crippen molar-refractivity contribution in [2.75, 3.05) is 6.61 Å². The summed E-state index contributed by atoms with van der Waals surface area (Å²) in [6.07, 6.45) is 1.48. The van der Waals surface area contributed by atoms with Crippen molar-refractivity contribution >= 4 is 33.6 Å². The number of rotatable bonds is 5. The molecule has 126 valence electrons. The lowest BCUT2D eigenvalue weighted by atomic mass is 10.1. The molecule has 6 nitrogen and oxygen atoms in total. The molecule has 25 heavy (non-hydrogen) atoms. The first kappa shape index (κ1) is 15.9. The number of thioether (sulfide) groups is 1. The maximum absolute atomic E-state index is 12.2. The zero-order valence-corrected chi connectivity index (χ0v) is 14.2. The molecule has 4 rings (SSSR count). The molecule has 0 radical (unpaired) electrons. The van der Waals surface area contributed by atoms with Gasteiger partial charge >= 0.3 is 0 Å². The van der Waals surface area contributed by atoms with Crippen molar-refractivity contribution in [2.45, 2.75) is 17.5 Å². The standard InChI is InChI=1S/C18H16N4O2S/c23-9-8-22-16-15(10-19-22)17(24)21-18(20-16)25-11-13-6-3-5-12-4-1-2-7-14(12)13/h1-7,10,23H,8-9,11H2,(H,20,21,24). The second-order valence-electron chi connectivity index (χ2n) is 5.63. The maximum atomic E-state index is 12.2. The van der Waals surface area contributed by atoms with Gasteiger partial charge in [0, 0.05) is 5.75 Å². The van der Waals surface area contributed by atoms with E-state index in [4.69, 9.17) is 5.11 Å². The summed E-state index contributed by atoms with van der Waals surface area (Å²) in [5, 5.41) is 16.6. The monoisotopic (exact) mass is 352 g/mol. The molecule has 0 amide bonds. The predicted molar refractivity (Wildman–Crippen MR) is 98.7 cm³/mol. The average Bonchev–Trinajstić information content (AvgIpc) is 3.04. The normalized spacial score (nSPS) is 11.4. The highest BCUT2D eigenvalue weighted by Gasteiger charge is 2.11. The third-order valence-corrected chi connectivity index (χ3v) is 4.96. The summed E-state index contributed by atoms with van der Waals surface area (Å²) >= 11 is 1.48. The Labute approximate surface area is 147 Å². The Bertz CT molecular complexity index is 1100. The summed E-state index contributed by atoms with van der Waals surface area (Å²) in [5.41, 5.74) is 1.47. The van der Waals surface area contributed by atoms with Gasteiger partial charge in [0.25, 0.3) is 5.56 Å². The van der Waals surface area contributed by atoms with Gasteiger partial charge in [-0.05, 0) is 16.3 Å². The maximum Gasteiger partial charge on any atom is 0.262 e. The van der Waals surface area contributed by atoms with Crippen molar-refractivity contribution in [3.63, 3.8) is 0 Å². The molecule has 0 saturated carbocycles. The van der Waals surface area contributed by atoms with E-state index in [0.29, 0.717) is 28.5 Å². The molecule has 2 aromatic heterocycles. The summed E-state index contributed by atoms with van der Waals surface area (Å²) in [5.74, 6) is 0.698. The summed E-state index contributed by atoms with van der Waals surface area (Å²) in [4.78, 5) is 19.5. The van der Waals surface area contributed by atoms with Gasteiger partial charge in [-0.2, -0.15) is 5.10 Å². The van der Waals surface area contributed by atoms with Gasteiger partial charge in [0.15, 0.2) is 10.8 Å². The highest BCUT2D eigenvalue weighted by Crippen LogP contribution is 2.25. The average molecular weight is 352 g/mol. The Kier molecular flexibility index (Phi) is 4.25. The van der Waals surface area contributed by atoms with Gasteiger partial charge in [0.05, 0.1) is 19.3 Å². The third kappa shape index (κ3) is 3.04. The van der Waals surface area contributed by atoms with Gasteiger partial charge in [-0.3, -0.25) is 4.79 Å². The molecular weight excluding hydrogens is 336 g/mol. The molecule has 0 fully saturated rings. The molecular formula is C18H16N4O2S. The molecule has 0 aliphatic rings. The van der Waals surface area contributed by atoms with E-state index in [1.54, 1.807) is 4.68 Å². The second kappa shape index (κ2) is 6.70. The van der Waals surface area contributed by atoms with Crippen molar-refractivity contribution in [3.8, 4) is 0 Å². The van der Waals surface area contributed by atoms with E-state index in [0.717, 1.165) is 0 Å².